The van der Waals surface area contributed by atoms with Gasteiger partial charge in [-0.15, -0.1) is 34.0 Å². The number of thiophene rings is 3. The highest BCUT2D eigenvalue weighted by molar-refractivity contribution is 9.10. The van der Waals surface area contributed by atoms with Crippen molar-refractivity contribution in [1.82, 2.24) is 0 Å². The number of halogens is 3. The maximum absolute atomic E-state index is 13.4. The van der Waals surface area contributed by atoms with Crippen LogP contribution in [0.5, 0.6) is 0 Å². The molecule has 0 spiro atoms. The first-order valence-electron chi connectivity index (χ1n) is 25.3. The second-order valence-electron chi connectivity index (χ2n) is 21.5. The summed E-state index contributed by atoms with van der Waals surface area (Å²) in [5.74, 6) is -0.189. The summed E-state index contributed by atoms with van der Waals surface area (Å²) in [6.07, 6.45) is 0. The maximum atomic E-state index is 13.4. The molecule has 0 bridgehead atoms. The van der Waals surface area contributed by atoms with Crippen LogP contribution in [0.25, 0.3) is 0 Å². The van der Waals surface area contributed by atoms with Crippen molar-refractivity contribution in [3.8, 4) is 0 Å². The molecule has 0 saturated heterocycles. The van der Waals surface area contributed by atoms with Crippen LogP contribution in [-0.4, -0.2) is 25.0 Å². The monoisotopic (exact) mass is 1170 g/mol. The van der Waals surface area contributed by atoms with Crippen molar-refractivity contribution in [2.75, 3.05) is 0 Å². The highest BCUT2D eigenvalue weighted by atomic mass is 79.9. The Morgan fingerprint density at radius 1 is 0.373 bits per heavy atom. The van der Waals surface area contributed by atoms with Gasteiger partial charge in [0.1, 0.15) is 5.82 Å². The normalized spacial score (nSPS) is 12.3. The molecular formula is C63H69BrF2O3S3Si3. The van der Waals surface area contributed by atoms with Gasteiger partial charge in [0.15, 0.2) is 5.13 Å². The SMILES string of the molecule is CC(C)(C)[Si](OCc1cc(Br)cs1)(c1ccccc1)c1ccccc1.CC(C)(C)[Si](OCc1cc(F)cs1)(c1ccccc1)c1ccccc1.CC(C)(C)[Si](OCc1ccc(F)s1)(c1ccccc1)c1ccccc1. The summed E-state index contributed by atoms with van der Waals surface area (Å²) in [7, 11) is -7.51. The topological polar surface area (TPSA) is 27.7 Å². The summed E-state index contributed by atoms with van der Waals surface area (Å²) < 4.78 is 48.3. The largest absolute Gasteiger partial charge is 0.402 e. The van der Waals surface area contributed by atoms with E-state index in [1.807, 2.05) is 30.3 Å². The standard InChI is InChI=1S/C21H23BrOSSi.2C21H23FOSSi/c2*1-21(2,3)25(19-10-6-4-7-11-19,20-12-8-5-9-13-20)23-15-18-14-17(22)16-24-18;1-21(2,3)25(18-10-6-4-7-11-18,19-12-8-5-9-13-19)23-16-17-14-15-20(22)24-17/h2*4-14,16H,15H2,1-3H3;4-15H,16H2,1-3H3. The Morgan fingerprint density at radius 2 is 0.653 bits per heavy atom. The van der Waals surface area contributed by atoms with Gasteiger partial charge in [0, 0.05) is 29.9 Å². The zero-order valence-corrected chi connectivity index (χ0v) is 51.5. The van der Waals surface area contributed by atoms with E-state index in [1.165, 1.54) is 58.8 Å². The van der Waals surface area contributed by atoms with Crippen LogP contribution in [0.2, 0.25) is 15.1 Å². The van der Waals surface area contributed by atoms with E-state index in [0.29, 0.717) is 19.8 Å². The van der Waals surface area contributed by atoms with Crippen LogP contribution >= 0.6 is 49.9 Å². The van der Waals surface area contributed by atoms with Crippen LogP contribution in [0.1, 0.15) is 76.9 Å². The predicted molar refractivity (Wildman–Crippen MR) is 328 cm³/mol. The Bertz CT molecular complexity index is 2650. The molecule has 0 amide bonds. The molecule has 0 aliphatic carbocycles. The predicted octanol–water partition coefficient (Wildman–Crippen LogP) is 15.5. The molecule has 390 valence electrons. The molecular weight excluding hydrogens is 1100 g/mol. The van der Waals surface area contributed by atoms with Crippen LogP contribution in [0.15, 0.2) is 221 Å². The molecule has 12 heteroatoms. The molecule has 0 fully saturated rings. The van der Waals surface area contributed by atoms with E-state index in [-0.39, 0.29) is 26.1 Å². The van der Waals surface area contributed by atoms with Gasteiger partial charge in [-0.1, -0.05) is 244 Å². The molecule has 3 nitrogen and oxygen atoms in total. The molecule has 0 saturated carbocycles. The van der Waals surface area contributed by atoms with Crippen LogP contribution in [0, 0.1) is 10.9 Å². The molecule has 0 aliphatic heterocycles. The molecule has 3 aromatic heterocycles. The minimum atomic E-state index is -2.54. The van der Waals surface area contributed by atoms with E-state index in [0.717, 1.165) is 25.6 Å². The lowest BCUT2D eigenvalue weighted by Gasteiger charge is -2.43. The van der Waals surface area contributed by atoms with Crippen molar-refractivity contribution in [2.45, 2.75) is 97.2 Å². The zero-order valence-electron chi connectivity index (χ0n) is 44.5. The molecule has 0 aliphatic rings. The minimum Gasteiger partial charge on any atom is -0.402 e. The molecule has 0 radical (unpaired) electrons. The van der Waals surface area contributed by atoms with Crippen molar-refractivity contribution >= 4 is 106 Å². The van der Waals surface area contributed by atoms with Crippen molar-refractivity contribution in [1.29, 1.82) is 0 Å². The summed E-state index contributed by atoms with van der Waals surface area (Å²) in [6.45, 7) is 21.9. The van der Waals surface area contributed by atoms with Gasteiger partial charge >= 0.3 is 0 Å². The lowest BCUT2D eigenvalue weighted by Crippen LogP contribution is -2.66. The molecule has 75 heavy (non-hydrogen) atoms. The van der Waals surface area contributed by atoms with Gasteiger partial charge in [-0.25, -0.2) is 4.39 Å². The number of rotatable bonds is 15. The fourth-order valence-corrected chi connectivity index (χ4v) is 26.6. The van der Waals surface area contributed by atoms with Crippen LogP contribution < -0.4 is 31.1 Å². The highest BCUT2D eigenvalue weighted by Crippen LogP contribution is 2.40. The van der Waals surface area contributed by atoms with Gasteiger partial charge in [-0.3, -0.25) is 0 Å². The molecule has 0 atom stereocenters. The van der Waals surface area contributed by atoms with Gasteiger partial charge in [0.25, 0.3) is 25.0 Å². The van der Waals surface area contributed by atoms with E-state index >= 15 is 0 Å². The van der Waals surface area contributed by atoms with Gasteiger partial charge in [-0.05, 0) is 86.4 Å². The van der Waals surface area contributed by atoms with Crippen molar-refractivity contribution in [2.24, 2.45) is 0 Å². The Hall–Kier alpha value is -4.71. The zero-order chi connectivity index (χ0) is 53.7. The van der Waals surface area contributed by atoms with Gasteiger partial charge in [-0.2, -0.15) is 4.39 Å². The third kappa shape index (κ3) is 13.7. The van der Waals surface area contributed by atoms with E-state index in [1.54, 1.807) is 17.4 Å². The van der Waals surface area contributed by atoms with Gasteiger partial charge in [0.2, 0.25) is 0 Å². The Kier molecular flexibility index (Phi) is 19.8. The summed E-state index contributed by atoms with van der Waals surface area (Å²) >= 11 is 7.86. The minimum absolute atomic E-state index is 0.0181. The molecule has 3 heterocycles. The van der Waals surface area contributed by atoms with E-state index < -0.39 is 25.0 Å². The first kappa shape index (κ1) is 58.0. The highest BCUT2D eigenvalue weighted by Gasteiger charge is 2.52. The molecule has 0 N–H and O–H groups in total. The summed E-state index contributed by atoms with van der Waals surface area (Å²) in [4.78, 5) is 3.09. The number of hydrogen-bond donors (Lipinski definition) is 0. The average Bonchev–Trinajstić information content (AvgIpc) is 4.17. The van der Waals surface area contributed by atoms with Gasteiger partial charge in [0.05, 0.1) is 19.8 Å². The third-order valence-electron chi connectivity index (χ3n) is 13.4. The third-order valence-corrected chi connectivity index (χ3v) is 31.8. The smallest absolute Gasteiger partial charge is 0.261 e. The lowest BCUT2D eigenvalue weighted by atomic mass is 10.2. The quantitative estimate of drug-likeness (QED) is 0.0958. The van der Waals surface area contributed by atoms with Crippen LogP contribution in [0.3, 0.4) is 0 Å². The number of benzene rings is 6. The number of hydrogen-bond acceptors (Lipinski definition) is 6. The van der Waals surface area contributed by atoms with E-state index in [9.17, 15) is 8.78 Å². The molecule has 9 aromatic rings. The Morgan fingerprint density at radius 3 is 0.880 bits per heavy atom. The fourth-order valence-electron chi connectivity index (χ4n) is 10.1. The lowest BCUT2D eigenvalue weighted by molar-refractivity contribution is 0.289. The van der Waals surface area contributed by atoms with E-state index in [2.05, 4.69) is 247 Å². The summed E-state index contributed by atoms with van der Waals surface area (Å²) in [5, 5.41) is 11.0. The Balaban J connectivity index is 0.000000164. The summed E-state index contributed by atoms with van der Waals surface area (Å²) in [6, 6.07) is 70.6. The Labute approximate surface area is 468 Å². The first-order valence-corrected chi connectivity index (χ1v) is 34.3. The first-order chi connectivity index (χ1) is 35.8. The fraction of sp³-hybridized carbons (Fsp3) is 0.238. The average molecular weight is 1170 g/mol. The van der Waals surface area contributed by atoms with Crippen LogP contribution in [-0.2, 0) is 33.1 Å². The van der Waals surface area contributed by atoms with Gasteiger partial charge < -0.3 is 13.3 Å². The molecule has 9 rings (SSSR count). The second kappa shape index (κ2) is 25.6. The second-order valence-corrected chi connectivity index (χ2v) is 38.5. The van der Waals surface area contributed by atoms with Crippen molar-refractivity contribution in [3.05, 3.63) is 247 Å². The summed E-state index contributed by atoms with van der Waals surface area (Å²) in [5.41, 5.74) is 0. The molecule has 6 aromatic carbocycles. The van der Waals surface area contributed by atoms with Crippen LogP contribution in [0.4, 0.5) is 8.78 Å². The van der Waals surface area contributed by atoms with E-state index in [4.69, 9.17) is 13.3 Å². The van der Waals surface area contributed by atoms with Crippen molar-refractivity contribution < 1.29 is 22.1 Å². The maximum Gasteiger partial charge on any atom is 0.261 e. The van der Waals surface area contributed by atoms with Crippen molar-refractivity contribution in [3.63, 3.8) is 0 Å². The molecule has 0 unspecified atom stereocenters.